The third kappa shape index (κ3) is 3.82. The highest BCUT2D eigenvalue weighted by Crippen LogP contribution is 2.31. The van der Waals surface area contributed by atoms with Crippen molar-refractivity contribution in [2.45, 2.75) is 38.3 Å². The number of benzene rings is 1. The van der Waals surface area contributed by atoms with Gasteiger partial charge in [0, 0.05) is 19.2 Å². The second kappa shape index (κ2) is 7.47. The minimum atomic E-state index is -0.0419. The highest BCUT2D eigenvalue weighted by molar-refractivity contribution is 5.93. The maximum atomic E-state index is 11.6. The van der Waals surface area contributed by atoms with Crippen molar-refractivity contribution >= 4 is 5.91 Å². The number of hydrogen-bond donors (Lipinski definition) is 1. The van der Waals surface area contributed by atoms with Gasteiger partial charge < -0.3 is 9.73 Å². The molecule has 3 rings (SSSR count). The third-order valence-corrected chi connectivity index (χ3v) is 4.56. The normalized spacial score (nSPS) is 19.3. The molecule has 1 aromatic carbocycles. The summed E-state index contributed by atoms with van der Waals surface area (Å²) in [4.78, 5) is 14.1. The molecule has 0 radical (unpaired) electrons. The van der Waals surface area contributed by atoms with Crippen LogP contribution < -0.4 is 5.32 Å². The molecule has 1 saturated heterocycles. The SMILES string of the molecule is CNC(=O)c1ccc(CN2CCCCCC2c2ccco2)cc1. The molecule has 23 heavy (non-hydrogen) atoms. The first-order valence-electron chi connectivity index (χ1n) is 8.36. The number of nitrogens with one attached hydrogen (secondary N) is 1. The molecule has 0 spiro atoms. The highest BCUT2D eigenvalue weighted by atomic mass is 16.3. The van der Waals surface area contributed by atoms with Gasteiger partial charge in [0.15, 0.2) is 0 Å². The Bertz CT molecular complexity index is 619. The maximum absolute atomic E-state index is 11.6. The highest BCUT2D eigenvalue weighted by Gasteiger charge is 2.24. The van der Waals surface area contributed by atoms with Crippen LogP contribution in [0.1, 0.15) is 53.4 Å². The molecule has 4 heteroatoms. The van der Waals surface area contributed by atoms with Gasteiger partial charge in [-0.2, -0.15) is 0 Å². The molecular weight excluding hydrogens is 288 g/mol. The van der Waals surface area contributed by atoms with Gasteiger partial charge in [0.2, 0.25) is 0 Å². The van der Waals surface area contributed by atoms with Gasteiger partial charge in [0.25, 0.3) is 5.91 Å². The fourth-order valence-electron chi connectivity index (χ4n) is 3.30. The summed E-state index contributed by atoms with van der Waals surface area (Å²) in [7, 11) is 1.65. The molecule has 1 amide bonds. The summed E-state index contributed by atoms with van der Waals surface area (Å²) < 4.78 is 5.67. The van der Waals surface area contributed by atoms with Gasteiger partial charge in [0.1, 0.15) is 5.76 Å². The summed E-state index contributed by atoms with van der Waals surface area (Å²) in [6.07, 6.45) is 6.66. The van der Waals surface area contributed by atoms with E-state index in [1.165, 1.54) is 24.8 Å². The van der Waals surface area contributed by atoms with Crippen LogP contribution in [0.5, 0.6) is 0 Å². The van der Waals surface area contributed by atoms with Gasteiger partial charge in [-0.1, -0.05) is 25.0 Å². The molecule has 1 N–H and O–H groups in total. The van der Waals surface area contributed by atoms with E-state index in [4.69, 9.17) is 4.42 Å². The van der Waals surface area contributed by atoms with Crippen molar-refractivity contribution in [2.75, 3.05) is 13.6 Å². The van der Waals surface area contributed by atoms with Gasteiger partial charge in [-0.15, -0.1) is 0 Å². The summed E-state index contributed by atoms with van der Waals surface area (Å²) in [5.74, 6) is 1.02. The van der Waals surface area contributed by atoms with Crippen LogP contribution in [-0.2, 0) is 6.54 Å². The first-order valence-corrected chi connectivity index (χ1v) is 8.36. The van der Waals surface area contributed by atoms with E-state index in [2.05, 4.69) is 28.4 Å². The molecule has 1 atom stereocenters. The Balaban J connectivity index is 1.74. The lowest BCUT2D eigenvalue weighted by atomic mass is 10.1. The van der Waals surface area contributed by atoms with Crippen LogP contribution >= 0.6 is 0 Å². The number of likely N-dealkylation sites (tertiary alicyclic amines) is 1. The van der Waals surface area contributed by atoms with Gasteiger partial charge >= 0.3 is 0 Å². The zero-order chi connectivity index (χ0) is 16.1. The number of rotatable bonds is 4. The molecule has 2 heterocycles. The summed E-state index contributed by atoms with van der Waals surface area (Å²) in [5.41, 5.74) is 1.94. The second-order valence-corrected chi connectivity index (χ2v) is 6.13. The van der Waals surface area contributed by atoms with E-state index in [9.17, 15) is 4.79 Å². The topological polar surface area (TPSA) is 45.5 Å². The Hall–Kier alpha value is -2.07. The Morgan fingerprint density at radius 3 is 2.74 bits per heavy atom. The fraction of sp³-hybridized carbons (Fsp3) is 0.421. The first-order chi connectivity index (χ1) is 11.3. The lowest BCUT2D eigenvalue weighted by molar-refractivity contribution is 0.0963. The Morgan fingerprint density at radius 2 is 2.04 bits per heavy atom. The molecule has 1 aliphatic heterocycles. The van der Waals surface area contributed by atoms with Gasteiger partial charge in [0.05, 0.1) is 12.3 Å². The molecule has 0 aliphatic carbocycles. The van der Waals surface area contributed by atoms with E-state index in [0.717, 1.165) is 25.3 Å². The number of carbonyl (C=O) groups excluding carboxylic acids is 1. The lowest BCUT2D eigenvalue weighted by Gasteiger charge is -2.28. The average molecular weight is 312 g/mol. The lowest BCUT2D eigenvalue weighted by Crippen LogP contribution is -2.28. The summed E-state index contributed by atoms with van der Waals surface area (Å²) in [6, 6.07) is 12.3. The predicted octanol–water partition coefficient (Wildman–Crippen LogP) is 3.76. The Morgan fingerprint density at radius 1 is 1.22 bits per heavy atom. The summed E-state index contributed by atoms with van der Waals surface area (Å²) in [6.45, 7) is 1.97. The average Bonchev–Trinajstić information content (AvgIpc) is 3.02. The van der Waals surface area contributed by atoms with Crippen molar-refractivity contribution in [3.05, 3.63) is 59.5 Å². The first kappa shape index (κ1) is 15.8. The van der Waals surface area contributed by atoms with Crippen LogP contribution in [0.25, 0.3) is 0 Å². The number of carbonyl (C=O) groups is 1. The van der Waals surface area contributed by atoms with E-state index in [1.807, 2.05) is 18.2 Å². The van der Waals surface area contributed by atoms with E-state index in [0.29, 0.717) is 11.6 Å². The standard InChI is InChI=1S/C19H24N2O2/c1-20-19(22)16-10-8-15(9-11-16)14-21-12-4-2-3-6-17(21)18-7-5-13-23-18/h5,7-11,13,17H,2-4,6,12,14H2,1H3,(H,20,22). The van der Waals surface area contributed by atoms with E-state index in [1.54, 1.807) is 13.3 Å². The molecule has 1 aromatic heterocycles. The number of hydrogen-bond acceptors (Lipinski definition) is 3. The molecule has 0 bridgehead atoms. The molecule has 0 saturated carbocycles. The van der Waals surface area contributed by atoms with Crippen LogP contribution in [0.4, 0.5) is 0 Å². The zero-order valence-electron chi connectivity index (χ0n) is 13.6. The Kier molecular flexibility index (Phi) is 5.13. The molecule has 1 fully saturated rings. The molecule has 122 valence electrons. The third-order valence-electron chi connectivity index (χ3n) is 4.56. The van der Waals surface area contributed by atoms with E-state index in [-0.39, 0.29) is 5.91 Å². The monoisotopic (exact) mass is 312 g/mol. The second-order valence-electron chi connectivity index (χ2n) is 6.13. The van der Waals surface area contributed by atoms with Crippen LogP contribution in [-0.4, -0.2) is 24.4 Å². The number of furan rings is 1. The number of nitrogens with zero attached hydrogens (tertiary/aromatic N) is 1. The fourth-order valence-corrected chi connectivity index (χ4v) is 3.30. The van der Waals surface area contributed by atoms with Crippen LogP contribution in [0, 0.1) is 0 Å². The van der Waals surface area contributed by atoms with Gasteiger partial charge in [-0.3, -0.25) is 9.69 Å². The van der Waals surface area contributed by atoms with Gasteiger partial charge in [-0.05, 0) is 49.2 Å². The zero-order valence-corrected chi connectivity index (χ0v) is 13.6. The van der Waals surface area contributed by atoms with Crippen LogP contribution in [0.3, 0.4) is 0 Å². The van der Waals surface area contributed by atoms with Crippen molar-refractivity contribution in [1.82, 2.24) is 10.2 Å². The summed E-state index contributed by atoms with van der Waals surface area (Å²) >= 11 is 0. The largest absolute Gasteiger partial charge is 0.468 e. The van der Waals surface area contributed by atoms with Crippen molar-refractivity contribution in [3.63, 3.8) is 0 Å². The van der Waals surface area contributed by atoms with Crippen molar-refractivity contribution < 1.29 is 9.21 Å². The van der Waals surface area contributed by atoms with Crippen molar-refractivity contribution in [1.29, 1.82) is 0 Å². The van der Waals surface area contributed by atoms with E-state index < -0.39 is 0 Å². The van der Waals surface area contributed by atoms with Crippen LogP contribution in [0.2, 0.25) is 0 Å². The number of amides is 1. The summed E-state index contributed by atoms with van der Waals surface area (Å²) in [5, 5.41) is 2.65. The maximum Gasteiger partial charge on any atom is 0.251 e. The molecule has 1 aliphatic rings. The van der Waals surface area contributed by atoms with E-state index >= 15 is 0 Å². The minimum absolute atomic E-state index is 0.0419. The molecular formula is C19H24N2O2. The van der Waals surface area contributed by atoms with Crippen molar-refractivity contribution in [3.8, 4) is 0 Å². The molecule has 2 aromatic rings. The van der Waals surface area contributed by atoms with Crippen LogP contribution in [0.15, 0.2) is 47.1 Å². The molecule has 4 nitrogen and oxygen atoms in total. The minimum Gasteiger partial charge on any atom is -0.468 e. The molecule has 1 unspecified atom stereocenters. The van der Waals surface area contributed by atoms with Gasteiger partial charge in [-0.25, -0.2) is 0 Å². The predicted molar refractivity (Wildman–Crippen MR) is 90.2 cm³/mol. The smallest absolute Gasteiger partial charge is 0.251 e. The quantitative estimate of drug-likeness (QED) is 0.935. The van der Waals surface area contributed by atoms with Crippen molar-refractivity contribution in [2.24, 2.45) is 0 Å². The Labute approximate surface area is 137 Å².